The van der Waals surface area contributed by atoms with Crippen LogP contribution in [0.25, 0.3) is 0 Å². The molecule has 0 bridgehead atoms. The molecule has 1 unspecified atom stereocenters. The fourth-order valence-corrected chi connectivity index (χ4v) is 1.31. The molecule has 0 fully saturated rings. The molecule has 0 aromatic heterocycles. The number of primary amides is 1. The van der Waals surface area contributed by atoms with Crippen molar-refractivity contribution in [2.45, 2.75) is 19.4 Å². The van der Waals surface area contributed by atoms with Crippen LogP contribution in [-0.2, 0) is 11.2 Å². The maximum atomic E-state index is 10.9. The van der Waals surface area contributed by atoms with Gasteiger partial charge in [-0.2, -0.15) is 0 Å². The highest BCUT2D eigenvalue weighted by Crippen LogP contribution is 2.12. The second-order valence-corrected chi connectivity index (χ2v) is 3.55. The SMILES string of the molecule is CCc1ccc(OCC(NC)C(N)=O)cc1. The summed E-state index contributed by atoms with van der Waals surface area (Å²) in [5.41, 5.74) is 6.43. The summed E-state index contributed by atoms with van der Waals surface area (Å²) in [7, 11) is 1.68. The molecule has 0 radical (unpaired) electrons. The molecule has 88 valence electrons. The van der Waals surface area contributed by atoms with Crippen molar-refractivity contribution >= 4 is 5.91 Å². The molecule has 0 heterocycles. The molecule has 0 aliphatic rings. The maximum Gasteiger partial charge on any atom is 0.238 e. The van der Waals surface area contributed by atoms with Crippen LogP contribution < -0.4 is 15.8 Å². The highest BCUT2D eigenvalue weighted by Gasteiger charge is 2.12. The number of hydrogen-bond acceptors (Lipinski definition) is 3. The van der Waals surface area contributed by atoms with Crippen LogP contribution in [-0.4, -0.2) is 25.6 Å². The van der Waals surface area contributed by atoms with E-state index in [1.807, 2.05) is 24.3 Å². The Morgan fingerprint density at radius 2 is 2.06 bits per heavy atom. The fourth-order valence-electron chi connectivity index (χ4n) is 1.31. The molecule has 1 amide bonds. The van der Waals surface area contributed by atoms with Gasteiger partial charge in [0.1, 0.15) is 18.4 Å². The summed E-state index contributed by atoms with van der Waals surface area (Å²) in [6, 6.07) is 7.35. The van der Waals surface area contributed by atoms with Gasteiger partial charge in [-0.05, 0) is 31.2 Å². The van der Waals surface area contributed by atoms with Crippen molar-refractivity contribution in [3.63, 3.8) is 0 Å². The molecule has 4 nitrogen and oxygen atoms in total. The van der Waals surface area contributed by atoms with E-state index in [0.717, 1.165) is 12.2 Å². The molecule has 1 atom stereocenters. The van der Waals surface area contributed by atoms with E-state index < -0.39 is 11.9 Å². The van der Waals surface area contributed by atoms with E-state index in [1.165, 1.54) is 5.56 Å². The number of ether oxygens (including phenoxy) is 1. The molecular formula is C12H18N2O2. The van der Waals surface area contributed by atoms with Crippen LogP contribution in [0.2, 0.25) is 0 Å². The second-order valence-electron chi connectivity index (χ2n) is 3.55. The van der Waals surface area contributed by atoms with Crippen LogP contribution in [0.5, 0.6) is 5.75 Å². The van der Waals surface area contributed by atoms with Gasteiger partial charge in [0, 0.05) is 0 Å². The number of benzene rings is 1. The van der Waals surface area contributed by atoms with Crippen molar-refractivity contribution in [3.05, 3.63) is 29.8 Å². The number of aryl methyl sites for hydroxylation is 1. The lowest BCUT2D eigenvalue weighted by Gasteiger charge is -2.13. The van der Waals surface area contributed by atoms with Crippen LogP contribution in [0, 0.1) is 0 Å². The summed E-state index contributed by atoms with van der Waals surface area (Å²) in [4.78, 5) is 10.9. The smallest absolute Gasteiger partial charge is 0.238 e. The van der Waals surface area contributed by atoms with Crippen molar-refractivity contribution in [3.8, 4) is 5.75 Å². The Labute approximate surface area is 95.8 Å². The van der Waals surface area contributed by atoms with Crippen LogP contribution >= 0.6 is 0 Å². The molecular weight excluding hydrogens is 204 g/mol. The first-order chi connectivity index (χ1) is 7.67. The van der Waals surface area contributed by atoms with Gasteiger partial charge >= 0.3 is 0 Å². The summed E-state index contributed by atoms with van der Waals surface area (Å²) in [5, 5.41) is 2.79. The third-order valence-electron chi connectivity index (χ3n) is 2.44. The van der Waals surface area contributed by atoms with Gasteiger partial charge in [-0.15, -0.1) is 0 Å². The summed E-state index contributed by atoms with van der Waals surface area (Å²) in [6.45, 7) is 2.34. The van der Waals surface area contributed by atoms with Crippen molar-refractivity contribution < 1.29 is 9.53 Å². The molecule has 0 aliphatic heterocycles. The van der Waals surface area contributed by atoms with E-state index in [9.17, 15) is 4.79 Å². The highest BCUT2D eigenvalue weighted by molar-refractivity contribution is 5.79. The summed E-state index contributed by atoms with van der Waals surface area (Å²) in [5.74, 6) is 0.339. The number of likely N-dealkylation sites (N-methyl/N-ethyl adjacent to an activating group) is 1. The number of carbonyl (C=O) groups is 1. The van der Waals surface area contributed by atoms with Gasteiger partial charge in [-0.25, -0.2) is 0 Å². The first kappa shape index (κ1) is 12.5. The summed E-state index contributed by atoms with van der Waals surface area (Å²) in [6.07, 6.45) is 1.00. The second kappa shape index (κ2) is 6.12. The lowest BCUT2D eigenvalue weighted by atomic mass is 10.2. The summed E-state index contributed by atoms with van der Waals surface area (Å²) >= 11 is 0. The first-order valence-corrected chi connectivity index (χ1v) is 5.35. The number of amides is 1. The van der Waals surface area contributed by atoms with Crippen molar-refractivity contribution in [1.82, 2.24) is 5.32 Å². The Balaban J connectivity index is 2.50. The number of rotatable bonds is 6. The van der Waals surface area contributed by atoms with E-state index in [2.05, 4.69) is 12.2 Å². The molecule has 1 aromatic rings. The normalized spacial score (nSPS) is 12.1. The van der Waals surface area contributed by atoms with Gasteiger partial charge in [-0.3, -0.25) is 4.79 Å². The predicted molar refractivity (Wildman–Crippen MR) is 63.4 cm³/mol. The van der Waals surface area contributed by atoms with Crippen LogP contribution in [0.4, 0.5) is 0 Å². The largest absolute Gasteiger partial charge is 0.491 e. The molecule has 4 heteroatoms. The van der Waals surface area contributed by atoms with Gasteiger partial charge in [0.15, 0.2) is 0 Å². The molecule has 0 aliphatic carbocycles. The Morgan fingerprint density at radius 3 is 2.50 bits per heavy atom. The maximum absolute atomic E-state index is 10.9. The van der Waals surface area contributed by atoms with E-state index in [4.69, 9.17) is 10.5 Å². The first-order valence-electron chi connectivity index (χ1n) is 5.35. The molecule has 16 heavy (non-hydrogen) atoms. The lowest BCUT2D eigenvalue weighted by Crippen LogP contribution is -2.43. The van der Waals surface area contributed by atoms with E-state index in [0.29, 0.717) is 0 Å². The molecule has 1 aromatic carbocycles. The van der Waals surface area contributed by atoms with Crippen LogP contribution in [0.3, 0.4) is 0 Å². The Morgan fingerprint density at radius 1 is 1.44 bits per heavy atom. The predicted octanol–water partition coefficient (Wildman–Crippen LogP) is 0.701. The number of carbonyl (C=O) groups excluding carboxylic acids is 1. The third-order valence-corrected chi connectivity index (χ3v) is 2.44. The zero-order valence-corrected chi connectivity index (χ0v) is 9.69. The van der Waals surface area contributed by atoms with Gasteiger partial charge in [0.05, 0.1) is 0 Å². The monoisotopic (exact) mass is 222 g/mol. The number of hydrogen-bond donors (Lipinski definition) is 2. The van der Waals surface area contributed by atoms with Crippen molar-refractivity contribution in [1.29, 1.82) is 0 Å². The Hall–Kier alpha value is -1.55. The summed E-state index contributed by atoms with van der Waals surface area (Å²) < 4.78 is 5.46. The minimum atomic E-state index is -0.453. The van der Waals surface area contributed by atoms with Crippen LogP contribution in [0.1, 0.15) is 12.5 Å². The zero-order chi connectivity index (χ0) is 12.0. The van der Waals surface area contributed by atoms with Gasteiger partial charge in [0.2, 0.25) is 5.91 Å². The topological polar surface area (TPSA) is 64.3 Å². The van der Waals surface area contributed by atoms with Gasteiger partial charge < -0.3 is 15.8 Å². The number of nitrogens with one attached hydrogen (secondary N) is 1. The van der Waals surface area contributed by atoms with Crippen molar-refractivity contribution in [2.24, 2.45) is 5.73 Å². The molecule has 1 rings (SSSR count). The van der Waals surface area contributed by atoms with Gasteiger partial charge in [-0.1, -0.05) is 19.1 Å². The molecule has 0 spiro atoms. The number of nitrogens with two attached hydrogens (primary N) is 1. The molecule has 0 saturated heterocycles. The fraction of sp³-hybridized carbons (Fsp3) is 0.417. The zero-order valence-electron chi connectivity index (χ0n) is 9.69. The average Bonchev–Trinajstić information content (AvgIpc) is 2.30. The van der Waals surface area contributed by atoms with E-state index in [1.54, 1.807) is 7.05 Å². The molecule has 3 N–H and O–H groups in total. The van der Waals surface area contributed by atoms with Crippen LogP contribution in [0.15, 0.2) is 24.3 Å². The third kappa shape index (κ3) is 3.55. The molecule has 0 saturated carbocycles. The average molecular weight is 222 g/mol. The minimum absolute atomic E-state index is 0.247. The van der Waals surface area contributed by atoms with E-state index in [-0.39, 0.29) is 6.61 Å². The highest BCUT2D eigenvalue weighted by atomic mass is 16.5. The minimum Gasteiger partial charge on any atom is -0.491 e. The Bertz CT molecular complexity index is 335. The quantitative estimate of drug-likeness (QED) is 0.744. The van der Waals surface area contributed by atoms with Crippen molar-refractivity contribution in [2.75, 3.05) is 13.7 Å². The standard InChI is InChI=1S/C12H18N2O2/c1-3-9-4-6-10(7-5-9)16-8-11(14-2)12(13)15/h4-7,11,14H,3,8H2,1-2H3,(H2,13,15). The Kier molecular flexibility index (Phi) is 4.79. The lowest BCUT2D eigenvalue weighted by molar-refractivity contribution is -0.120. The van der Waals surface area contributed by atoms with E-state index >= 15 is 0 Å². The van der Waals surface area contributed by atoms with Gasteiger partial charge in [0.25, 0.3) is 0 Å².